The van der Waals surface area contributed by atoms with Crippen LogP contribution in [0.25, 0.3) is 0 Å². The van der Waals surface area contributed by atoms with Crippen LogP contribution in [-0.2, 0) is 0 Å². The second-order valence-electron chi connectivity index (χ2n) is 3.41. The molecule has 90 valence electrons. The summed E-state index contributed by atoms with van der Waals surface area (Å²) in [6.07, 6.45) is 0. The molecule has 1 aromatic carbocycles. The Balaban J connectivity index is 2.32. The zero-order valence-corrected chi connectivity index (χ0v) is 13.7. The fraction of sp³-hybridized carbons (Fsp3) is 0.167. The van der Waals surface area contributed by atoms with Crippen LogP contribution in [0.4, 0.5) is 0 Å². The molecule has 17 heavy (non-hydrogen) atoms. The minimum Gasteiger partial charge on any atom is -0.497 e. The minimum absolute atomic E-state index is 0.155. The lowest BCUT2D eigenvalue weighted by Crippen LogP contribution is -1.91. The quantitative estimate of drug-likeness (QED) is 0.613. The highest BCUT2D eigenvalue weighted by Gasteiger charge is 2.15. The van der Waals surface area contributed by atoms with Gasteiger partial charge in [0.2, 0.25) is 0 Å². The lowest BCUT2D eigenvalue weighted by molar-refractivity contribution is 0.414. The highest BCUT2D eigenvalue weighted by Crippen LogP contribution is 2.40. The number of methoxy groups -OCH3 is 1. The third kappa shape index (κ3) is 3.05. The van der Waals surface area contributed by atoms with Crippen LogP contribution in [0.5, 0.6) is 5.75 Å². The third-order valence-corrected chi connectivity index (χ3v) is 6.24. The normalized spacial score (nSPS) is 12.5. The Morgan fingerprint density at radius 3 is 2.65 bits per heavy atom. The zero-order chi connectivity index (χ0) is 12.4. The molecule has 1 nitrogen and oxygen atoms in total. The molecule has 0 saturated carbocycles. The first-order valence-electron chi connectivity index (χ1n) is 4.84. The molecule has 0 spiro atoms. The largest absolute Gasteiger partial charge is 0.497 e. The Kier molecular flexibility index (Phi) is 4.53. The van der Waals surface area contributed by atoms with E-state index in [2.05, 4.69) is 31.9 Å². The van der Waals surface area contributed by atoms with E-state index in [0.29, 0.717) is 0 Å². The molecule has 0 aliphatic carbocycles. The van der Waals surface area contributed by atoms with Crippen LogP contribution in [0, 0.1) is 0 Å². The summed E-state index contributed by atoms with van der Waals surface area (Å²) in [7, 11) is 1.65. The first-order chi connectivity index (χ1) is 8.11. The van der Waals surface area contributed by atoms with E-state index in [1.165, 1.54) is 0 Å². The number of halogens is 3. The Morgan fingerprint density at radius 1 is 1.29 bits per heavy atom. The van der Waals surface area contributed by atoms with Crippen molar-refractivity contribution in [2.75, 3.05) is 7.11 Å². The molecule has 1 atom stereocenters. The van der Waals surface area contributed by atoms with Gasteiger partial charge in [-0.3, -0.25) is 0 Å². The second kappa shape index (κ2) is 5.74. The maximum Gasteiger partial charge on any atom is 0.119 e. The lowest BCUT2D eigenvalue weighted by atomic mass is 10.1. The molecular weight excluding hydrogens is 387 g/mol. The van der Waals surface area contributed by atoms with Gasteiger partial charge in [0, 0.05) is 9.35 Å². The van der Waals surface area contributed by atoms with Gasteiger partial charge in [0.1, 0.15) is 5.75 Å². The van der Waals surface area contributed by atoms with E-state index in [-0.39, 0.29) is 5.38 Å². The van der Waals surface area contributed by atoms with Crippen LogP contribution < -0.4 is 4.74 Å². The predicted octanol–water partition coefficient (Wildman–Crippen LogP) is 5.61. The van der Waals surface area contributed by atoms with E-state index in [0.717, 1.165) is 24.4 Å². The molecule has 2 rings (SSSR count). The van der Waals surface area contributed by atoms with Crippen molar-refractivity contribution in [2.24, 2.45) is 0 Å². The van der Waals surface area contributed by atoms with Gasteiger partial charge in [-0.2, -0.15) is 0 Å². The van der Waals surface area contributed by atoms with Gasteiger partial charge >= 0.3 is 0 Å². The molecule has 0 fully saturated rings. The van der Waals surface area contributed by atoms with Crippen molar-refractivity contribution in [3.63, 3.8) is 0 Å². The molecule has 0 aliphatic heterocycles. The molecule has 2 aromatic rings. The molecule has 0 N–H and O–H groups in total. The summed E-state index contributed by atoms with van der Waals surface area (Å²) in [5, 5.41) is -0.155. The topological polar surface area (TPSA) is 9.23 Å². The van der Waals surface area contributed by atoms with Crippen LogP contribution in [0.2, 0.25) is 0 Å². The Bertz CT molecular complexity index is 507. The van der Waals surface area contributed by atoms with Crippen molar-refractivity contribution in [3.05, 3.63) is 49.0 Å². The molecule has 0 amide bonds. The summed E-state index contributed by atoms with van der Waals surface area (Å²) in [6, 6.07) is 9.85. The zero-order valence-electron chi connectivity index (χ0n) is 8.91. The third-order valence-electron chi connectivity index (χ3n) is 2.30. The van der Waals surface area contributed by atoms with Crippen molar-refractivity contribution in [3.8, 4) is 5.75 Å². The number of alkyl halides is 1. The number of rotatable bonds is 3. The molecular formula is C12H9Br2ClOS. The maximum absolute atomic E-state index is 6.46. The van der Waals surface area contributed by atoms with Crippen LogP contribution in [0.1, 0.15) is 15.8 Å². The van der Waals surface area contributed by atoms with E-state index < -0.39 is 0 Å². The summed E-state index contributed by atoms with van der Waals surface area (Å²) in [5.74, 6) is 0.822. The van der Waals surface area contributed by atoms with Gasteiger partial charge in [-0.1, -0.05) is 12.1 Å². The van der Waals surface area contributed by atoms with Crippen LogP contribution >= 0.6 is 54.8 Å². The fourth-order valence-electron chi connectivity index (χ4n) is 1.45. The van der Waals surface area contributed by atoms with Gasteiger partial charge in [-0.15, -0.1) is 22.9 Å². The number of benzene rings is 1. The Labute approximate surface area is 126 Å². The van der Waals surface area contributed by atoms with Gasteiger partial charge in [0.05, 0.1) is 16.3 Å². The number of hydrogen-bond donors (Lipinski definition) is 0. The average Bonchev–Trinajstić information content (AvgIpc) is 2.69. The van der Waals surface area contributed by atoms with Gasteiger partial charge in [0.15, 0.2) is 0 Å². The summed E-state index contributed by atoms with van der Waals surface area (Å²) in [5.41, 5.74) is 1.03. The molecule has 0 saturated heterocycles. The van der Waals surface area contributed by atoms with E-state index in [4.69, 9.17) is 16.3 Å². The number of ether oxygens (including phenoxy) is 1. The van der Waals surface area contributed by atoms with E-state index in [1.54, 1.807) is 18.4 Å². The molecule has 1 heterocycles. The van der Waals surface area contributed by atoms with Gasteiger partial charge < -0.3 is 4.74 Å². The van der Waals surface area contributed by atoms with E-state index in [1.807, 2.05) is 30.3 Å². The van der Waals surface area contributed by atoms with Crippen LogP contribution in [0.3, 0.4) is 0 Å². The van der Waals surface area contributed by atoms with E-state index in [9.17, 15) is 0 Å². The fourth-order valence-corrected chi connectivity index (χ4v) is 3.88. The highest BCUT2D eigenvalue weighted by atomic mass is 79.9. The average molecular weight is 397 g/mol. The van der Waals surface area contributed by atoms with Gasteiger partial charge in [0.25, 0.3) is 0 Å². The van der Waals surface area contributed by atoms with Crippen molar-refractivity contribution in [1.82, 2.24) is 0 Å². The van der Waals surface area contributed by atoms with Gasteiger partial charge in [-0.25, -0.2) is 0 Å². The summed E-state index contributed by atoms with van der Waals surface area (Å²) >= 11 is 15.0. The van der Waals surface area contributed by atoms with Crippen LogP contribution in [0.15, 0.2) is 38.6 Å². The SMILES string of the molecule is COc1cccc(C(Cl)c2cc(Br)c(Br)s2)c1. The minimum atomic E-state index is -0.155. The molecule has 1 unspecified atom stereocenters. The molecule has 0 aliphatic rings. The Morgan fingerprint density at radius 2 is 2.06 bits per heavy atom. The van der Waals surface area contributed by atoms with Crippen molar-refractivity contribution >= 4 is 54.8 Å². The lowest BCUT2D eigenvalue weighted by Gasteiger charge is -2.09. The maximum atomic E-state index is 6.46. The standard InChI is InChI=1S/C12H9Br2ClOS/c1-16-8-4-2-3-7(5-8)11(15)10-6-9(13)12(14)17-10/h2-6,11H,1H3. The molecule has 0 bridgehead atoms. The first-order valence-corrected chi connectivity index (χ1v) is 7.68. The highest BCUT2D eigenvalue weighted by molar-refractivity contribution is 9.13. The van der Waals surface area contributed by atoms with Crippen molar-refractivity contribution in [2.45, 2.75) is 5.38 Å². The van der Waals surface area contributed by atoms with Gasteiger partial charge in [-0.05, 0) is 55.6 Å². The van der Waals surface area contributed by atoms with E-state index >= 15 is 0 Å². The molecule has 5 heteroatoms. The number of thiophene rings is 1. The summed E-state index contributed by atoms with van der Waals surface area (Å²) in [4.78, 5) is 1.10. The monoisotopic (exact) mass is 394 g/mol. The molecule has 0 radical (unpaired) electrons. The summed E-state index contributed by atoms with van der Waals surface area (Å²) in [6.45, 7) is 0. The summed E-state index contributed by atoms with van der Waals surface area (Å²) < 4.78 is 7.29. The Hall–Kier alpha value is -0.0300. The van der Waals surface area contributed by atoms with Crippen molar-refractivity contribution < 1.29 is 4.74 Å². The smallest absolute Gasteiger partial charge is 0.119 e. The molecule has 1 aromatic heterocycles. The first kappa shape index (κ1) is 13.4. The van der Waals surface area contributed by atoms with Crippen molar-refractivity contribution in [1.29, 1.82) is 0 Å². The predicted molar refractivity (Wildman–Crippen MR) is 80.4 cm³/mol. The van der Waals surface area contributed by atoms with Crippen LogP contribution in [-0.4, -0.2) is 7.11 Å². The second-order valence-corrected chi connectivity index (χ2v) is 7.10. The number of hydrogen-bond acceptors (Lipinski definition) is 2.